The van der Waals surface area contributed by atoms with Gasteiger partial charge in [-0.1, -0.05) is 40.6 Å². The van der Waals surface area contributed by atoms with E-state index in [1.807, 2.05) is 37.3 Å². The van der Waals surface area contributed by atoms with E-state index in [-0.39, 0.29) is 12.2 Å². The molecule has 8 nitrogen and oxygen atoms in total. The van der Waals surface area contributed by atoms with E-state index in [9.17, 15) is 9.59 Å². The summed E-state index contributed by atoms with van der Waals surface area (Å²) in [4.78, 5) is 32.8. The van der Waals surface area contributed by atoms with Gasteiger partial charge in [0.2, 0.25) is 0 Å². The van der Waals surface area contributed by atoms with Crippen molar-refractivity contribution in [3.8, 4) is 17.2 Å². The van der Waals surface area contributed by atoms with E-state index in [1.54, 1.807) is 38.9 Å². The summed E-state index contributed by atoms with van der Waals surface area (Å²) in [5.74, 6) is 1.24. The molecular formula is C28H28BrIN2O6S. The first-order valence-corrected chi connectivity index (χ1v) is 14.9. The third-order valence-corrected chi connectivity index (χ3v) is 8.41. The van der Waals surface area contributed by atoms with Crippen LogP contribution in [0.15, 0.2) is 55.9 Å². The zero-order valence-corrected chi connectivity index (χ0v) is 26.7. The molecule has 39 heavy (non-hydrogen) atoms. The van der Waals surface area contributed by atoms with Crippen molar-refractivity contribution in [2.45, 2.75) is 32.7 Å². The summed E-state index contributed by atoms with van der Waals surface area (Å²) in [7, 11) is 4.72. The van der Waals surface area contributed by atoms with E-state index in [2.05, 4.69) is 38.5 Å². The molecule has 0 saturated carbocycles. The van der Waals surface area contributed by atoms with Gasteiger partial charge in [-0.15, -0.1) is 0 Å². The third kappa shape index (κ3) is 5.80. The number of carbonyl (C=O) groups excluding carboxylic acids is 1. The van der Waals surface area contributed by atoms with Gasteiger partial charge in [-0.3, -0.25) is 9.36 Å². The van der Waals surface area contributed by atoms with Crippen LogP contribution in [0.2, 0.25) is 0 Å². The summed E-state index contributed by atoms with van der Waals surface area (Å²) >= 11 is 6.99. The fourth-order valence-corrected chi connectivity index (χ4v) is 6.75. The van der Waals surface area contributed by atoms with Gasteiger partial charge in [0.05, 0.1) is 47.3 Å². The van der Waals surface area contributed by atoms with E-state index in [0.29, 0.717) is 49.8 Å². The summed E-state index contributed by atoms with van der Waals surface area (Å²) in [6.07, 6.45) is 3.12. The Morgan fingerprint density at radius 2 is 1.87 bits per heavy atom. The molecule has 0 fully saturated rings. The molecular weight excluding hydrogens is 699 g/mol. The van der Waals surface area contributed by atoms with E-state index >= 15 is 0 Å². The maximum atomic E-state index is 14.0. The number of hydrogen-bond donors (Lipinski definition) is 0. The Hall–Kier alpha value is -2.64. The molecule has 2 aromatic carbocycles. The number of aromatic nitrogens is 1. The molecule has 0 bridgehead atoms. The number of fused-ring (bicyclic) bond motifs is 1. The fourth-order valence-electron chi connectivity index (χ4n) is 4.51. The Morgan fingerprint density at radius 3 is 2.51 bits per heavy atom. The number of methoxy groups -OCH3 is 3. The van der Waals surface area contributed by atoms with Crippen LogP contribution in [0.4, 0.5) is 0 Å². The zero-order valence-electron chi connectivity index (χ0n) is 22.2. The monoisotopic (exact) mass is 726 g/mol. The highest BCUT2D eigenvalue weighted by Crippen LogP contribution is 2.38. The summed E-state index contributed by atoms with van der Waals surface area (Å²) in [6, 6.07) is 8.49. The molecule has 4 rings (SSSR count). The zero-order chi connectivity index (χ0) is 28.3. The first kappa shape index (κ1) is 29.3. The number of thiazole rings is 1. The lowest BCUT2D eigenvalue weighted by Gasteiger charge is -2.27. The van der Waals surface area contributed by atoms with Crippen molar-refractivity contribution >= 4 is 61.9 Å². The number of halogens is 2. The van der Waals surface area contributed by atoms with Crippen molar-refractivity contribution in [1.82, 2.24) is 4.57 Å². The third-order valence-electron chi connectivity index (χ3n) is 6.13. The van der Waals surface area contributed by atoms with Gasteiger partial charge in [0.1, 0.15) is 11.8 Å². The number of rotatable bonds is 9. The molecule has 2 heterocycles. The van der Waals surface area contributed by atoms with Gasteiger partial charge in [0.25, 0.3) is 5.56 Å². The van der Waals surface area contributed by atoms with Crippen molar-refractivity contribution in [2.75, 3.05) is 27.9 Å². The minimum atomic E-state index is -0.776. The normalized spacial score (nSPS) is 15.1. The van der Waals surface area contributed by atoms with Gasteiger partial charge in [-0.25, -0.2) is 9.79 Å². The van der Waals surface area contributed by atoms with Crippen LogP contribution in [0.25, 0.3) is 6.08 Å². The summed E-state index contributed by atoms with van der Waals surface area (Å²) < 4.78 is 25.8. The minimum Gasteiger partial charge on any atom is -0.496 e. The quantitative estimate of drug-likeness (QED) is 0.229. The van der Waals surface area contributed by atoms with Crippen molar-refractivity contribution in [3.63, 3.8) is 0 Å². The maximum Gasteiger partial charge on any atom is 0.338 e. The van der Waals surface area contributed by atoms with E-state index in [1.165, 1.54) is 11.3 Å². The van der Waals surface area contributed by atoms with Crippen molar-refractivity contribution < 1.29 is 23.7 Å². The van der Waals surface area contributed by atoms with Crippen LogP contribution in [-0.4, -0.2) is 38.5 Å². The minimum absolute atomic E-state index is 0.201. The molecule has 1 aliphatic rings. The Balaban J connectivity index is 2.04. The van der Waals surface area contributed by atoms with Crippen LogP contribution >= 0.6 is 49.9 Å². The lowest BCUT2D eigenvalue weighted by Crippen LogP contribution is -2.40. The Bertz CT molecular complexity index is 1630. The van der Waals surface area contributed by atoms with Crippen LogP contribution < -0.4 is 29.1 Å². The van der Waals surface area contributed by atoms with Crippen LogP contribution in [-0.2, 0) is 9.53 Å². The highest BCUT2D eigenvalue weighted by molar-refractivity contribution is 14.1. The molecule has 0 N–H and O–H groups in total. The molecule has 3 aromatic rings. The van der Waals surface area contributed by atoms with Gasteiger partial charge < -0.3 is 18.9 Å². The molecule has 1 atom stereocenters. The van der Waals surface area contributed by atoms with E-state index in [0.717, 1.165) is 20.0 Å². The standard InChI is InChI=1S/C28H28BrIN2O6S/c1-6-8-19-23(27(34)38-7-2)24(17-14-16(29)9-10-20(17)35-3)32-26(33)22(39-28(32)31-19)13-15-11-18(30)25(37-5)21(12-15)36-4/h9-14,24H,6-8H2,1-5H3/b22-13+/t24-/m0/s1. The largest absolute Gasteiger partial charge is 0.496 e. The molecule has 0 saturated heterocycles. The van der Waals surface area contributed by atoms with Crippen LogP contribution in [0, 0.1) is 3.57 Å². The number of nitrogens with zero attached hydrogens (tertiary/aromatic N) is 2. The molecule has 206 valence electrons. The van der Waals surface area contributed by atoms with Gasteiger partial charge in [0, 0.05) is 10.0 Å². The number of ether oxygens (including phenoxy) is 4. The summed E-state index contributed by atoms with van der Waals surface area (Å²) in [5.41, 5.74) is 2.11. The first-order valence-electron chi connectivity index (χ1n) is 12.2. The number of hydrogen-bond acceptors (Lipinski definition) is 8. The average Bonchev–Trinajstić information content (AvgIpc) is 3.22. The van der Waals surface area contributed by atoms with Crippen LogP contribution in [0.3, 0.4) is 0 Å². The topological polar surface area (TPSA) is 88.4 Å². The molecule has 0 amide bonds. The molecule has 0 radical (unpaired) electrons. The Morgan fingerprint density at radius 1 is 1.13 bits per heavy atom. The molecule has 11 heteroatoms. The van der Waals surface area contributed by atoms with Gasteiger partial charge >= 0.3 is 5.97 Å². The second-order valence-electron chi connectivity index (χ2n) is 8.54. The molecule has 0 spiro atoms. The van der Waals surface area contributed by atoms with Gasteiger partial charge in [0.15, 0.2) is 16.3 Å². The molecule has 1 aromatic heterocycles. The Kier molecular flexibility index (Phi) is 9.55. The predicted molar refractivity (Wildman–Crippen MR) is 163 cm³/mol. The van der Waals surface area contributed by atoms with Crippen molar-refractivity contribution in [1.29, 1.82) is 0 Å². The lowest BCUT2D eigenvalue weighted by atomic mass is 9.93. The SMILES string of the molecule is CCCC1=C(C(=O)OCC)[C@H](c2cc(Br)ccc2OC)n2c(s/c(=C/c3cc(I)c(OC)c(OC)c3)c2=O)=N1. The van der Waals surface area contributed by atoms with Gasteiger partial charge in [-0.2, -0.15) is 0 Å². The first-order chi connectivity index (χ1) is 18.8. The molecule has 0 unspecified atom stereocenters. The summed E-state index contributed by atoms with van der Waals surface area (Å²) in [6.45, 7) is 3.98. The molecule has 0 aliphatic carbocycles. The second kappa shape index (κ2) is 12.7. The highest BCUT2D eigenvalue weighted by atomic mass is 127. The predicted octanol–water partition coefficient (Wildman–Crippen LogP) is 4.97. The van der Waals surface area contributed by atoms with E-state index < -0.39 is 12.0 Å². The smallest absolute Gasteiger partial charge is 0.338 e. The Labute approximate surface area is 252 Å². The average molecular weight is 727 g/mol. The van der Waals surface area contributed by atoms with Crippen LogP contribution in [0.5, 0.6) is 17.2 Å². The highest BCUT2D eigenvalue weighted by Gasteiger charge is 2.36. The van der Waals surface area contributed by atoms with Crippen molar-refractivity contribution in [3.05, 3.63) is 80.5 Å². The van der Waals surface area contributed by atoms with Gasteiger partial charge in [-0.05, 0) is 77.9 Å². The second-order valence-corrected chi connectivity index (χ2v) is 11.6. The van der Waals surface area contributed by atoms with Crippen molar-refractivity contribution in [2.24, 2.45) is 4.99 Å². The number of allylic oxidation sites excluding steroid dienone is 1. The lowest BCUT2D eigenvalue weighted by molar-refractivity contribution is -0.139. The maximum absolute atomic E-state index is 14.0. The molecule has 1 aliphatic heterocycles. The van der Waals surface area contributed by atoms with Crippen LogP contribution in [0.1, 0.15) is 43.9 Å². The summed E-state index contributed by atoms with van der Waals surface area (Å²) in [5, 5.41) is 0. The number of benzene rings is 2. The van der Waals surface area contributed by atoms with E-state index in [4.69, 9.17) is 23.9 Å². The fraction of sp³-hybridized carbons (Fsp3) is 0.321. The number of carbonyl (C=O) groups is 1. The number of esters is 1.